The summed E-state index contributed by atoms with van der Waals surface area (Å²) in [5.74, 6) is 4.22. The second-order valence-corrected chi connectivity index (χ2v) is 7.09. The number of hydrogen-bond acceptors (Lipinski definition) is 6. The summed E-state index contributed by atoms with van der Waals surface area (Å²) in [5.41, 5.74) is -0.367. The van der Waals surface area contributed by atoms with Gasteiger partial charge < -0.3 is 34.4 Å². The molecule has 9 heteroatoms. The molecule has 2 aromatic rings. The fourth-order valence-corrected chi connectivity index (χ4v) is 3.13. The van der Waals surface area contributed by atoms with Gasteiger partial charge in [-0.05, 0) is 45.9 Å². The molecule has 3 N–H and O–H groups in total. The molecule has 0 saturated carbocycles. The van der Waals surface area contributed by atoms with Crippen molar-refractivity contribution in [2.75, 3.05) is 33.0 Å². The Bertz CT molecular complexity index is 866. The number of furan rings is 1. The molecule has 1 aliphatic rings. The molecular formula is C21H30IN3O5. The molecule has 0 aliphatic carbocycles. The van der Waals surface area contributed by atoms with Crippen molar-refractivity contribution in [3.05, 3.63) is 41.3 Å². The van der Waals surface area contributed by atoms with Crippen molar-refractivity contribution in [1.82, 2.24) is 10.6 Å². The van der Waals surface area contributed by atoms with Crippen molar-refractivity contribution in [1.29, 1.82) is 0 Å². The maximum atomic E-state index is 10.8. The fourth-order valence-electron chi connectivity index (χ4n) is 3.13. The van der Waals surface area contributed by atoms with E-state index in [-0.39, 0.29) is 37.3 Å². The maximum Gasteiger partial charge on any atom is 0.231 e. The van der Waals surface area contributed by atoms with E-state index >= 15 is 0 Å². The Morgan fingerprint density at radius 1 is 1.20 bits per heavy atom. The van der Waals surface area contributed by atoms with Crippen LogP contribution in [0.25, 0.3) is 0 Å². The van der Waals surface area contributed by atoms with Gasteiger partial charge in [-0.25, -0.2) is 4.99 Å². The van der Waals surface area contributed by atoms with Crippen molar-refractivity contribution in [2.45, 2.75) is 33.3 Å². The Hall–Kier alpha value is -2.14. The van der Waals surface area contributed by atoms with E-state index in [0.717, 1.165) is 17.1 Å². The second-order valence-electron chi connectivity index (χ2n) is 7.09. The Kier molecular flexibility index (Phi) is 8.65. The molecule has 1 atom stereocenters. The molecule has 0 bridgehead atoms. The van der Waals surface area contributed by atoms with Crippen LogP contribution in [0.5, 0.6) is 17.2 Å². The van der Waals surface area contributed by atoms with Gasteiger partial charge in [0.05, 0.1) is 13.1 Å². The number of nitrogens with zero attached hydrogens (tertiary/aromatic N) is 1. The molecule has 0 saturated heterocycles. The Morgan fingerprint density at radius 2 is 1.97 bits per heavy atom. The van der Waals surface area contributed by atoms with Gasteiger partial charge in [0.1, 0.15) is 29.5 Å². The average Bonchev–Trinajstić information content (AvgIpc) is 3.28. The second kappa shape index (κ2) is 10.8. The first-order valence-corrected chi connectivity index (χ1v) is 9.73. The number of ether oxygens (including phenoxy) is 3. The van der Waals surface area contributed by atoms with Crippen molar-refractivity contribution in [3.63, 3.8) is 0 Å². The quantitative estimate of drug-likeness (QED) is 0.209. The first kappa shape index (κ1) is 24.1. The highest BCUT2D eigenvalue weighted by Gasteiger charge is 2.27. The lowest BCUT2D eigenvalue weighted by molar-refractivity contribution is 0.0657. The van der Waals surface area contributed by atoms with E-state index in [2.05, 4.69) is 15.6 Å². The first-order valence-electron chi connectivity index (χ1n) is 9.73. The topological polar surface area (TPSA) is 97.5 Å². The normalized spacial score (nSPS) is 14.6. The minimum absolute atomic E-state index is 0. The van der Waals surface area contributed by atoms with E-state index in [1.54, 1.807) is 6.92 Å². The van der Waals surface area contributed by atoms with Crippen LogP contribution in [-0.4, -0.2) is 44.1 Å². The van der Waals surface area contributed by atoms with Crippen LogP contribution >= 0.6 is 24.0 Å². The van der Waals surface area contributed by atoms with E-state index in [1.807, 2.05) is 45.0 Å². The Labute approximate surface area is 194 Å². The predicted octanol–water partition coefficient (Wildman–Crippen LogP) is 3.08. The zero-order valence-corrected chi connectivity index (χ0v) is 20.1. The van der Waals surface area contributed by atoms with Crippen LogP contribution < -0.4 is 24.8 Å². The monoisotopic (exact) mass is 531 g/mol. The lowest BCUT2D eigenvalue weighted by Crippen LogP contribution is -2.40. The molecule has 2 heterocycles. The van der Waals surface area contributed by atoms with E-state index in [0.29, 0.717) is 42.9 Å². The Balaban J connectivity index is 0.00000320. The van der Waals surface area contributed by atoms with E-state index < -0.39 is 5.60 Å². The summed E-state index contributed by atoms with van der Waals surface area (Å²) in [5, 5.41) is 17.2. The largest absolute Gasteiger partial charge is 0.492 e. The smallest absolute Gasteiger partial charge is 0.231 e. The third kappa shape index (κ3) is 6.18. The summed E-state index contributed by atoms with van der Waals surface area (Å²) in [6, 6.07) is 7.34. The van der Waals surface area contributed by atoms with Crippen molar-refractivity contribution in [2.24, 2.45) is 4.99 Å². The molecule has 1 aliphatic heterocycles. The van der Waals surface area contributed by atoms with Crippen LogP contribution in [0, 0.1) is 13.8 Å². The number of halogens is 1. The van der Waals surface area contributed by atoms with Gasteiger partial charge in [0, 0.05) is 18.2 Å². The van der Waals surface area contributed by atoms with Crippen molar-refractivity contribution < 1.29 is 23.7 Å². The molecule has 3 rings (SSSR count). The molecule has 8 nitrogen and oxygen atoms in total. The number of guanidine groups is 1. The van der Waals surface area contributed by atoms with E-state index in [1.165, 1.54) is 0 Å². The minimum atomic E-state index is -1.12. The number of benzene rings is 1. The summed E-state index contributed by atoms with van der Waals surface area (Å²) in [6.45, 7) is 9.57. The summed E-state index contributed by atoms with van der Waals surface area (Å²) < 4.78 is 21.9. The van der Waals surface area contributed by atoms with Crippen LogP contribution in [0.2, 0.25) is 0 Å². The zero-order valence-electron chi connectivity index (χ0n) is 17.8. The van der Waals surface area contributed by atoms with Gasteiger partial charge >= 0.3 is 0 Å². The summed E-state index contributed by atoms with van der Waals surface area (Å²) >= 11 is 0. The van der Waals surface area contributed by atoms with Gasteiger partial charge in [0.15, 0.2) is 17.5 Å². The number of hydrogen-bond donors (Lipinski definition) is 3. The van der Waals surface area contributed by atoms with Gasteiger partial charge in [0.2, 0.25) is 6.79 Å². The summed E-state index contributed by atoms with van der Waals surface area (Å²) in [6.07, 6.45) is 0. The number of aryl methyl sites for hydroxylation is 2. The molecule has 1 aromatic heterocycles. The highest BCUT2D eigenvalue weighted by molar-refractivity contribution is 14.0. The summed E-state index contributed by atoms with van der Waals surface area (Å²) in [7, 11) is 0. The first-order chi connectivity index (χ1) is 13.9. The number of aliphatic hydroxyl groups is 1. The third-order valence-electron chi connectivity index (χ3n) is 4.52. The molecule has 166 valence electrons. The van der Waals surface area contributed by atoms with Crippen LogP contribution in [-0.2, 0) is 5.60 Å². The molecule has 0 amide bonds. The van der Waals surface area contributed by atoms with Crippen LogP contribution in [0.1, 0.15) is 30.9 Å². The van der Waals surface area contributed by atoms with Gasteiger partial charge in [-0.2, -0.15) is 0 Å². The number of rotatable bonds is 8. The van der Waals surface area contributed by atoms with Crippen molar-refractivity contribution in [3.8, 4) is 17.2 Å². The molecule has 30 heavy (non-hydrogen) atoms. The number of aliphatic imine (C=N–C) groups is 1. The van der Waals surface area contributed by atoms with Gasteiger partial charge in [-0.1, -0.05) is 0 Å². The molecule has 0 fully saturated rings. The summed E-state index contributed by atoms with van der Waals surface area (Å²) in [4.78, 5) is 4.51. The molecular weight excluding hydrogens is 501 g/mol. The van der Waals surface area contributed by atoms with Gasteiger partial charge in [-0.3, -0.25) is 0 Å². The fraction of sp³-hybridized carbons (Fsp3) is 0.476. The highest BCUT2D eigenvalue weighted by Crippen LogP contribution is 2.35. The van der Waals surface area contributed by atoms with Crippen LogP contribution in [0.4, 0.5) is 0 Å². The SMILES string of the molecule is CCNC(=NCC(C)(O)c1cc(C)oc1C)NCCOc1ccc2c(c1)OCO2.I. The third-order valence-corrected chi connectivity index (χ3v) is 4.52. The standard InChI is InChI=1S/C21H29N3O5.HI/c1-5-22-20(24-12-21(4,25)17-10-14(2)29-15(17)3)23-8-9-26-16-6-7-18-19(11-16)28-13-27-18;/h6-7,10-11,25H,5,8-9,12-13H2,1-4H3,(H2,22,23,24);1H. The van der Waals surface area contributed by atoms with Gasteiger partial charge in [0.25, 0.3) is 0 Å². The highest BCUT2D eigenvalue weighted by atomic mass is 127. The number of nitrogens with one attached hydrogen (secondary N) is 2. The lowest BCUT2D eigenvalue weighted by atomic mass is 9.96. The van der Waals surface area contributed by atoms with Crippen LogP contribution in [0.3, 0.4) is 0 Å². The van der Waals surface area contributed by atoms with Crippen molar-refractivity contribution >= 4 is 29.9 Å². The Morgan fingerprint density at radius 3 is 2.67 bits per heavy atom. The molecule has 1 aromatic carbocycles. The zero-order chi connectivity index (χ0) is 20.9. The average molecular weight is 531 g/mol. The lowest BCUT2D eigenvalue weighted by Gasteiger charge is -2.21. The van der Waals surface area contributed by atoms with Gasteiger partial charge in [-0.15, -0.1) is 24.0 Å². The molecule has 1 unspecified atom stereocenters. The maximum absolute atomic E-state index is 10.8. The minimum Gasteiger partial charge on any atom is -0.492 e. The number of fused-ring (bicyclic) bond motifs is 1. The predicted molar refractivity (Wildman–Crippen MR) is 125 cm³/mol. The van der Waals surface area contributed by atoms with Crippen LogP contribution in [0.15, 0.2) is 33.7 Å². The molecule has 0 radical (unpaired) electrons. The van der Waals surface area contributed by atoms with E-state index in [4.69, 9.17) is 18.6 Å². The van der Waals surface area contributed by atoms with E-state index in [9.17, 15) is 5.11 Å². The molecule has 0 spiro atoms.